The molecule has 380 valence electrons. The van der Waals surface area contributed by atoms with Gasteiger partial charge in [-0.15, -0.1) is 0 Å². The molecule has 5 N–H and O–H groups in total. The molecule has 6 aromatic rings. The van der Waals surface area contributed by atoms with Crippen LogP contribution >= 0.6 is 11.6 Å². The quantitative estimate of drug-likeness (QED) is 0.0949. The van der Waals surface area contributed by atoms with Crippen molar-refractivity contribution in [2.24, 2.45) is 5.92 Å². The lowest BCUT2D eigenvalue weighted by Gasteiger charge is -2.36. The number of alkyl halides is 3. The monoisotopic (exact) mass is 1040 g/mol. The number of piperazine rings is 1. The summed E-state index contributed by atoms with van der Waals surface area (Å²) in [5, 5.41) is 9.52. The largest absolute Gasteiger partial charge is 0.445 e. The number of amides is 3. The molecule has 4 aromatic heterocycles. The second-order valence-corrected chi connectivity index (χ2v) is 20.7. The molecule has 17 nitrogen and oxygen atoms in total. The van der Waals surface area contributed by atoms with Crippen molar-refractivity contribution in [3.63, 3.8) is 0 Å². The third-order valence-corrected chi connectivity index (χ3v) is 13.1. The maximum atomic E-state index is 13.6. The fourth-order valence-corrected chi connectivity index (χ4v) is 9.28. The highest BCUT2D eigenvalue weighted by atomic mass is 35.5. The SMILES string of the molecule is CC(C)Nc1cccnc1N1CCN(C(=O)c2cc3cc(NS(C)(=O)=O)ccc3[nH]2)CC1.Cc1ccnc2c1NC(=O)c1cccnc1N2C1CC1.O=C1Nc2ccc(Cl)cc2[C@@](C#CC2CC2)(C(F)(F)F)O1. The average Bonchev–Trinajstić information content (AvgIpc) is 4.30. The van der Waals surface area contributed by atoms with Gasteiger partial charge in [-0.05, 0) is 131 Å². The average molecular weight is 1040 g/mol. The van der Waals surface area contributed by atoms with Gasteiger partial charge >= 0.3 is 12.3 Å². The van der Waals surface area contributed by atoms with E-state index in [0.717, 1.165) is 77.5 Å². The molecule has 2 aromatic carbocycles. The summed E-state index contributed by atoms with van der Waals surface area (Å²) in [7, 11) is -3.36. The minimum atomic E-state index is -4.87. The van der Waals surface area contributed by atoms with Gasteiger partial charge in [0.2, 0.25) is 10.0 Å². The van der Waals surface area contributed by atoms with Gasteiger partial charge in [0.15, 0.2) is 11.6 Å². The van der Waals surface area contributed by atoms with Crippen LogP contribution in [0.25, 0.3) is 10.9 Å². The first-order chi connectivity index (χ1) is 34.8. The fourth-order valence-electron chi connectivity index (χ4n) is 8.55. The number of halogens is 4. The molecule has 2 saturated carbocycles. The molecule has 73 heavy (non-hydrogen) atoms. The van der Waals surface area contributed by atoms with Gasteiger partial charge in [-0.1, -0.05) is 17.5 Å². The lowest BCUT2D eigenvalue weighted by atomic mass is 9.90. The number of nitrogens with one attached hydrogen (secondary N) is 5. The predicted octanol–water partition coefficient (Wildman–Crippen LogP) is 9.44. The molecular weight excluding hydrogens is 987 g/mol. The zero-order valence-electron chi connectivity index (χ0n) is 40.1. The van der Waals surface area contributed by atoms with E-state index in [1.807, 2.05) is 36.1 Å². The Balaban J connectivity index is 0.000000140. The predicted molar refractivity (Wildman–Crippen MR) is 274 cm³/mol. The topological polar surface area (TPSA) is 207 Å². The Morgan fingerprint density at radius 3 is 2.29 bits per heavy atom. The summed E-state index contributed by atoms with van der Waals surface area (Å²) in [5.74, 6) is 6.84. The molecule has 3 aliphatic heterocycles. The van der Waals surface area contributed by atoms with Crippen LogP contribution < -0.4 is 30.5 Å². The summed E-state index contributed by atoms with van der Waals surface area (Å²) < 4.78 is 70.8. The Labute approximate surface area is 424 Å². The van der Waals surface area contributed by atoms with Crippen molar-refractivity contribution >= 4 is 90.6 Å². The molecular formula is C51H51ClF3N11O6S. The van der Waals surface area contributed by atoms with E-state index in [9.17, 15) is 36.0 Å². The summed E-state index contributed by atoms with van der Waals surface area (Å²) in [4.78, 5) is 59.7. The van der Waals surface area contributed by atoms with Gasteiger partial charge in [-0.25, -0.2) is 28.2 Å². The number of aryl methyl sites for hydroxylation is 1. The molecule has 11 rings (SSSR count). The fraction of sp³-hybridized carbons (Fsp3) is 0.333. The lowest BCUT2D eigenvalue weighted by Crippen LogP contribution is -2.49. The van der Waals surface area contributed by atoms with Crippen LogP contribution in [0.2, 0.25) is 5.02 Å². The lowest BCUT2D eigenvalue weighted by molar-refractivity contribution is -0.239. The van der Waals surface area contributed by atoms with Gasteiger partial charge in [0.1, 0.15) is 11.5 Å². The third-order valence-electron chi connectivity index (χ3n) is 12.3. The van der Waals surface area contributed by atoms with E-state index in [0.29, 0.717) is 61.0 Å². The molecule has 2 aliphatic carbocycles. The number of nitrogens with zero attached hydrogens (tertiary/aromatic N) is 6. The molecule has 7 heterocycles. The standard InChI is InChI=1S/C22H28N6O3S.C15H14N4O.C14H9ClF3NO2/c1-15(2)24-19-5-4-8-23-21(19)27-9-11-28(12-10-27)22(29)20-14-16-13-17(26-32(3,30)31)6-7-18(16)25-20;1-9-6-8-17-14-12(9)18-15(20)11-3-2-7-16-13(11)19(14)10-4-5-10;15-9-3-4-11-10(7-9)13(14(16,17)18,21-12(20)19-11)6-5-8-1-2-8/h4-8,13-15,24-26H,9-12H2,1-3H3;2-3,6-8,10H,4-5H2,1H3,(H,18,20);3-4,7-8H,1-2H2,(H,19,20)/t;;13-/m..0/s1. The minimum absolute atomic E-state index is 0.00179. The summed E-state index contributed by atoms with van der Waals surface area (Å²) in [5.41, 5.74) is 1.88. The van der Waals surface area contributed by atoms with Crippen molar-refractivity contribution in [2.45, 2.75) is 70.3 Å². The summed E-state index contributed by atoms with van der Waals surface area (Å²) in [6.07, 6.45) is 4.08. The number of aromatic amines is 1. The van der Waals surface area contributed by atoms with Crippen LogP contribution in [0.5, 0.6) is 0 Å². The molecule has 0 radical (unpaired) electrons. The van der Waals surface area contributed by atoms with Gasteiger partial charge in [0.25, 0.3) is 17.4 Å². The van der Waals surface area contributed by atoms with Crippen LogP contribution in [-0.2, 0) is 20.4 Å². The Bertz CT molecular complexity index is 3290. The molecule has 3 fully saturated rings. The number of benzene rings is 2. The Morgan fingerprint density at radius 1 is 0.890 bits per heavy atom. The second-order valence-electron chi connectivity index (χ2n) is 18.5. The third kappa shape index (κ3) is 11.2. The molecule has 22 heteroatoms. The summed E-state index contributed by atoms with van der Waals surface area (Å²) in [6.45, 7) is 8.73. The van der Waals surface area contributed by atoms with Crippen LogP contribution in [0, 0.1) is 24.7 Å². The van der Waals surface area contributed by atoms with Gasteiger partial charge in [0, 0.05) is 89.9 Å². The smallest absolute Gasteiger partial charge is 0.415 e. The summed E-state index contributed by atoms with van der Waals surface area (Å²) >= 11 is 5.78. The minimum Gasteiger partial charge on any atom is -0.415 e. The van der Waals surface area contributed by atoms with Crippen LogP contribution in [-0.4, -0.2) is 102 Å². The second kappa shape index (κ2) is 20.1. The Kier molecular flexibility index (Phi) is 13.9. The molecule has 5 aliphatic rings. The molecule has 1 saturated heterocycles. The van der Waals surface area contributed by atoms with Crippen LogP contribution in [0.15, 0.2) is 91.4 Å². The van der Waals surface area contributed by atoms with Crippen molar-refractivity contribution in [2.75, 3.05) is 62.9 Å². The van der Waals surface area contributed by atoms with E-state index in [1.54, 1.807) is 48.9 Å². The molecule has 3 amide bonds. The summed E-state index contributed by atoms with van der Waals surface area (Å²) in [6, 6.07) is 20.9. The maximum Gasteiger partial charge on any atom is 0.445 e. The van der Waals surface area contributed by atoms with Crippen molar-refractivity contribution in [1.82, 2.24) is 24.8 Å². The van der Waals surface area contributed by atoms with Crippen molar-refractivity contribution in [3.8, 4) is 11.8 Å². The number of sulfonamides is 1. The van der Waals surface area contributed by atoms with Crippen molar-refractivity contribution < 1.29 is 40.7 Å². The number of rotatable bonds is 7. The normalized spacial score (nSPS) is 18.1. The maximum absolute atomic E-state index is 13.6. The van der Waals surface area contributed by atoms with Crippen molar-refractivity contribution in [1.29, 1.82) is 0 Å². The zero-order valence-corrected chi connectivity index (χ0v) is 41.7. The number of cyclic esters (lactones) is 1. The van der Waals surface area contributed by atoms with Gasteiger partial charge < -0.3 is 35.1 Å². The number of aromatic nitrogens is 4. The Hall–Kier alpha value is -7.57. The van der Waals surface area contributed by atoms with Crippen molar-refractivity contribution in [3.05, 3.63) is 119 Å². The highest BCUT2D eigenvalue weighted by Gasteiger charge is 2.62. The number of H-pyrrole nitrogens is 1. The first kappa shape index (κ1) is 50.4. The molecule has 0 unspecified atom stereocenters. The Morgan fingerprint density at radius 2 is 1.60 bits per heavy atom. The molecule has 0 spiro atoms. The van der Waals surface area contributed by atoms with E-state index in [2.05, 4.69) is 80.8 Å². The number of anilines is 7. The van der Waals surface area contributed by atoms with Gasteiger partial charge in [-0.2, -0.15) is 13.2 Å². The number of pyridine rings is 3. The van der Waals surface area contributed by atoms with Crippen LogP contribution in [0.1, 0.15) is 71.5 Å². The van der Waals surface area contributed by atoms with E-state index in [-0.39, 0.29) is 34.0 Å². The number of hydrogen-bond donors (Lipinski definition) is 5. The molecule has 1 atom stereocenters. The van der Waals surface area contributed by atoms with E-state index in [1.165, 1.54) is 12.1 Å². The van der Waals surface area contributed by atoms with E-state index >= 15 is 0 Å². The number of hydrogen-bond acceptors (Lipinski definition) is 12. The zero-order chi connectivity index (χ0) is 51.8. The highest BCUT2D eigenvalue weighted by Crippen LogP contribution is 2.48. The number of carbonyl (C=O) groups is 3. The van der Waals surface area contributed by atoms with Crippen LogP contribution in [0.3, 0.4) is 0 Å². The number of carbonyl (C=O) groups excluding carboxylic acids is 3. The highest BCUT2D eigenvalue weighted by molar-refractivity contribution is 7.92. The first-order valence-electron chi connectivity index (χ1n) is 23.5. The molecule has 0 bridgehead atoms. The number of fused-ring (bicyclic) bond motifs is 4. The number of ether oxygens (including phenoxy) is 1. The van der Waals surface area contributed by atoms with Gasteiger partial charge in [-0.3, -0.25) is 19.6 Å². The van der Waals surface area contributed by atoms with E-state index < -0.39 is 27.9 Å². The van der Waals surface area contributed by atoms with Gasteiger partial charge in [0.05, 0.1) is 28.9 Å². The first-order valence-corrected chi connectivity index (χ1v) is 25.8. The van der Waals surface area contributed by atoms with Crippen LogP contribution in [0.4, 0.5) is 58.2 Å². The van der Waals surface area contributed by atoms with E-state index in [4.69, 9.17) is 11.6 Å².